The van der Waals surface area contributed by atoms with E-state index in [1.54, 1.807) is 25.4 Å². The number of nitrogens with zero attached hydrogens (tertiary/aromatic N) is 2. The molecule has 0 bridgehead atoms. The Balaban J connectivity index is 2.07. The fourth-order valence-corrected chi connectivity index (χ4v) is 2.08. The minimum atomic E-state index is -0.432. The van der Waals surface area contributed by atoms with E-state index in [9.17, 15) is 4.79 Å². The molecule has 2 heterocycles. The van der Waals surface area contributed by atoms with E-state index < -0.39 is 5.97 Å². The lowest BCUT2D eigenvalue weighted by atomic mass is 10.2. The van der Waals surface area contributed by atoms with Crippen molar-refractivity contribution >= 4 is 11.7 Å². The van der Waals surface area contributed by atoms with Gasteiger partial charge in [-0.1, -0.05) is 0 Å². The normalized spacial score (nSPS) is 12.3. The van der Waals surface area contributed by atoms with Crippen LogP contribution < -0.4 is 10.5 Å². The molecular weight excluding hydrogens is 246 g/mol. The van der Waals surface area contributed by atoms with Gasteiger partial charge in [0.05, 0.1) is 18.0 Å². The van der Waals surface area contributed by atoms with Gasteiger partial charge in [-0.2, -0.15) is 0 Å². The lowest BCUT2D eigenvalue weighted by Crippen LogP contribution is -2.16. The molecule has 0 amide bonds. The fourth-order valence-electron chi connectivity index (χ4n) is 2.08. The molecule has 6 heteroatoms. The van der Waals surface area contributed by atoms with Crippen LogP contribution in [0.3, 0.4) is 0 Å². The lowest BCUT2D eigenvalue weighted by molar-refractivity contribution is 0.0516. The summed E-state index contributed by atoms with van der Waals surface area (Å²) in [6.45, 7) is 2.35. The topological polar surface area (TPSA) is 79.4 Å². The highest BCUT2D eigenvalue weighted by Crippen LogP contribution is 2.32. The zero-order chi connectivity index (χ0) is 13.4. The van der Waals surface area contributed by atoms with E-state index in [0.717, 1.165) is 5.69 Å². The highest BCUT2D eigenvalue weighted by Gasteiger charge is 2.25. The third-order valence-electron chi connectivity index (χ3n) is 2.94. The van der Waals surface area contributed by atoms with E-state index in [1.165, 1.54) is 0 Å². The van der Waals surface area contributed by atoms with E-state index in [-0.39, 0.29) is 6.61 Å². The van der Waals surface area contributed by atoms with Gasteiger partial charge in [-0.3, -0.25) is 4.57 Å². The first-order valence-electron chi connectivity index (χ1n) is 5.96. The maximum Gasteiger partial charge on any atom is 0.358 e. The third-order valence-corrected chi connectivity index (χ3v) is 2.94. The van der Waals surface area contributed by atoms with E-state index in [2.05, 4.69) is 4.98 Å². The Morgan fingerprint density at radius 1 is 1.58 bits per heavy atom. The Morgan fingerprint density at radius 3 is 3.21 bits per heavy atom. The predicted molar refractivity (Wildman–Crippen MR) is 68.3 cm³/mol. The molecule has 98 valence electrons. The number of esters is 1. The number of hydrogen-bond acceptors (Lipinski definition) is 5. The predicted octanol–water partition coefficient (Wildman–Crippen LogP) is 1.52. The molecule has 1 aliphatic heterocycles. The van der Waals surface area contributed by atoms with Gasteiger partial charge in [-0.15, -0.1) is 0 Å². The number of carbonyl (C=O) groups excluding carboxylic acids is 1. The van der Waals surface area contributed by atoms with Gasteiger partial charge in [0.15, 0.2) is 5.69 Å². The number of benzene rings is 1. The molecule has 2 N–H and O–H groups in total. The number of imidazole rings is 1. The van der Waals surface area contributed by atoms with Crippen LogP contribution in [-0.2, 0) is 11.3 Å². The van der Waals surface area contributed by atoms with Crippen molar-refractivity contribution in [3.63, 3.8) is 0 Å². The van der Waals surface area contributed by atoms with Crippen LogP contribution in [0.4, 0.5) is 5.69 Å². The molecule has 1 aromatic carbocycles. The molecule has 19 heavy (non-hydrogen) atoms. The van der Waals surface area contributed by atoms with Crippen LogP contribution in [0, 0.1) is 0 Å². The first-order chi connectivity index (χ1) is 9.20. The zero-order valence-corrected chi connectivity index (χ0v) is 10.4. The van der Waals surface area contributed by atoms with E-state index in [0.29, 0.717) is 29.4 Å². The number of carbonyl (C=O) groups is 1. The van der Waals surface area contributed by atoms with Crippen molar-refractivity contribution in [3.8, 4) is 11.4 Å². The summed E-state index contributed by atoms with van der Waals surface area (Å²) in [4.78, 5) is 15.9. The first-order valence-corrected chi connectivity index (χ1v) is 5.96. The van der Waals surface area contributed by atoms with Gasteiger partial charge in [0.2, 0.25) is 0 Å². The van der Waals surface area contributed by atoms with Crippen LogP contribution >= 0.6 is 0 Å². The number of ether oxygens (including phenoxy) is 2. The highest BCUT2D eigenvalue weighted by atomic mass is 16.5. The maximum absolute atomic E-state index is 11.8. The molecule has 6 nitrogen and oxygen atoms in total. The minimum absolute atomic E-state index is 0.268. The lowest BCUT2D eigenvalue weighted by Gasteiger charge is -2.20. The average Bonchev–Trinajstić information content (AvgIpc) is 2.82. The van der Waals surface area contributed by atoms with Crippen LogP contribution in [0.1, 0.15) is 23.1 Å². The highest BCUT2D eigenvalue weighted by molar-refractivity contribution is 5.89. The summed E-state index contributed by atoms with van der Waals surface area (Å²) in [5.74, 6) is 0.249. The SMILES string of the molecule is CCOC(=O)c1ncn2c1COc1cc(N)ccc1-2. The standard InChI is InChI=1S/C13H13N3O3/c1-2-18-13(17)12-10-6-19-11-5-8(14)3-4-9(11)16(10)7-15-12/h3-5,7H,2,6,14H2,1H3. The summed E-state index contributed by atoms with van der Waals surface area (Å²) < 4.78 is 12.4. The first kappa shape index (κ1) is 11.6. The van der Waals surface area contributed by atoms with Gasteiger partial charge in [0.25, 0.3) is 0 Å². The molecule has 1 aliphatic rings. The zero-order valence-electron chi connectivity index (χ0n) is 10.4. The molecular formula is C13H13N3O3. The van der Waals surface area contributed by atoms with E-state index in [1.807, 2.05) is 10.6 Å². The summed E-state index contributed by atoms with van der Waals surface area (Å²) >= 11 is 0. The van der Waals surface area contributed by atoms with Crippen LogP contribution in [0.5, 0.6) is 5.75 Å². The van der Waals surface area contributed by atoms with Gasteiger partial charge < -0.3 is 15.2 Å². The molecule has 0 spiro atoms. The van der Waals surface area contributed by atoms with Crippen molar-refractivity contribution in [2.45, 2.75) is 13.5 Å². The molecule has 0 fully saturated rings. The second kappa shape index (κ2) is 4.31. The van der Waals surface area contributed by atoms with Crippen molar-refractivity contribution in [2.75, 3.05) is 12.3 Å². The Kier molecular flexibility index (Phi) is 2.63. The van der Waals surface area contributed by atoms with Crippen LogP contribution in [0.25, 0.3) is 5.69 Å². The van der Waals surface area contributed by atoms with Crippen molar-refractivity contribution in [3.05, 3.63) is 35.9 Å². The number of aromatic nitrogens is 2. The van der Waals surface area contributed by atoms with E-state index >= 15 is 0 Å². The quantitative estimate of drug-likeness (QED) is 0.653. The monoisotopic (exact) mass is 259 g/mol. The Hall–Kier alpha value is -2.50. The molecule has 0 saturated carbocycles. The van der Waals surface area contributed by atoms with Gasteiger partial charge in [-0.25, -0.2) is 9.78 Å². The third kappa shape index (κ3) is 1.81. The molecule has 3 rings (SSSR count). The number of rotatable bonds is 2. The van der Waals surface area contributed by atoms with E-state index in [4.69, 9.17) is 15.2 Å². The molecule has 0 aliphatic carbocycles. The fraction of sp³-hybridized carbons (Fsp3) is 0.231. The summed E-state index contributed by atoms with van der Waals surface area (Å²) in [5.41, 5.74) is 8.15. The summed E-state index contributed by atoms with van der Waals surface area (Å²) in [5, 5.41) is 0. The van der Waals surface area contributed by atoms with Crippen molar-refractivity contribution < 1.29 is 14.3 Å². The Morgan fingerprint density at radius 2 is 2.42 bits per heavy atom. The second-order valence-corrected chi connectivity index (χ2v) is 4.15. The molecule has 0 saturated heterocycles. The van der Waals surface area contributed by atoms with Gasteiger partial charge >= 0.3 is 5.97 Å². The molecule has 0 radical (unpaired) electrons. The molecule has 2 aromatic rings. The van der Waals surface area contributed by atoms with Crippen molar-refractivity contribution in [1.82, 2.24) is 9.55 Å². The van der Waals surface area contributed by atoms with Crippen molar-refractivity contribution in [2.24, 2.45) is 0 Å². The van der Waals surface area contributed by atoms with Gasteiger partial charge in [-0.05, 0) is 19.1 Å². The smallest absolute Gasteiger partial charge is 0.358 e. The number of hydrogen-bond donors (Lipinski definition) is 1. The van der Waals surface area contributed by atoms with Gasteiger partial charge in [0.1, 0.15) is 18.7 Å². The summed E-state index contributed by atoms with van der Waals surface area (Å²) in [6, 6.07) is 5.37. The second-order valence-electron chi connectivity index (χ2n) is 4.15. The molecule has 1 aromatic heterocycles. The largest absolute Gasteiger partial charge is 0.485 e. The average molecular weight is 259 g/mol. The van der Waals surface area contributed by atoms with Crippen LogP contribution in [0.2, 0.25) is 0 Å². The maximum atomic E-state index is 11.8. The molecule has 0 atom stereocenters. The Bertz CT molecular complexity index is 649. The summed E-state index contributed by atoms with van der Waals surface area (Å²) in [7, 11) is 0. The number of anilines is 1. The summed E-state index contributed by atoms with van der Waals surface area (Å²) in [6.07, 6.45) is 1.60. The number of nitrogen functional groups attached to an aromatic ring is 1. The minimum Gasteiger partial charge on any atom is -0.485 e. The Labute approximate surface area is 109 Å². The molecule has 0 unspecified atom stereocenters. The number of nitrogens with two attached hydrogens (primary N) is 1. The van der Waals surface area contributed by atoms with Gasteiger partial charge in [0, 0.05) is 11.8 Å². The van der Waals surface area contributed by atoms with Crippen molar-refractivity contribution in [1.29, 1.82) is 0 Å². The van der Waals surface area contributed by atoms with Crippen LogP contribution in [-0.4, -0.2) is 22.1 Å². The number of fused-ring (bicyclic) bond motifs is 3. The van der Waals surface area contributed by atoms with Crippen LogP contribution in [0.15, 0.2) is 24.5 Å².